The fourth-order valence-electron chi connectivity index (χ4n) is 1.63. The molecule has 0 aliphatic rings. The van der Waals surface area contributed by atoms with E-state index in [0.29, 0.717) is 6.04 Å². The summed E-state index contributed by atoms with van der Waals surface area (Å²) >= 11 is 0. The summed E-state index contributed by atoms with van der Waals surface area (Å²) in [5, 5.41) is 0. The van der Waals surface area contributed by atoms with Crippen LogP contribution >= 0.6 is 0 Å². The van der Waals surface area contributed by atoms with E-state index in [0.717, 1.165) is 0 Å². The van der Waals surface area contributed by atoms with Gasteiger partial charge in [-0.05, 0) is 18.1 Å². The molecule has 0 amide bonds. The summed E-state index contributed by atoms with van der Waals surface area (Å²) in [6, 6.07) is 19.4. The molecule has 1 nitrogen and oxygen atoms in total. The molecule has 0 bridgehead atoms. The van der Waals surface area contributed by atoms with E-state index in [1.54, 1.807) is 0 Å². The zero-order valence-electron chi connectivity index (χ0n) is 8.98. The highest BCUT2D eigenvalue weighted by Crippen LogP contribution is 2.20. The van der Waals surface area contributed by atoms with Gasteiger partial charge >= 0.3 is 0 Å². The van der Waals surface area contributed by atoms with Crippen molar-refractivity contribution in [1.82, 2.24) is 0 Å². The molecule has 1 heteroatoms. The molecule has 0 aliphatic carbocycles. The predicted molar refractivity (Wildman–Crippen MR) is 63.2 cm³/mol. The summed E-state index contributed by atoms with van der Waals surface area (Å²) in [6.45, 7) is 2.11. The Labute approximate surface area is 90.6 Å². The SMILES string of the molecule is C[C@H]([NH3+])c1ccc(-c2ccccc2)cc1. The molecule has 0 saturated heterocycles. The molecule has 2 rings (SSSR count). The van der Waals surface area contributed by atoms with Gasteiger partial charge in [-0.1, -0.05) is 54.6 Å². The van der Waals surface area contributed by atoms with E-state index in [4.69, 9.17) is 0 Å². The number of hydrogen-bond acceptors (Lipinski definition) is 0. The molecule has 76 valence electrons. The lowest BCUT2D eigenvalue weighted by molar-refractivity contribution is -0.420. The largest absolute Gasteiger partial charge is 0.352 e. The summed E-state index contributed by atoms with van der Waals surface area (Å²) in [5.74, 6) is 0. The van der Waals surface area contributed by atoms with Crippen molar-refractivity contribution < 1.29 is 5.73 Å². The van der Waals surface area contributed by atoms with E-state index in [1.165, 1.54) is 16.7 Å². The molecule has 0 radical (unpaired) electrons. The highest BCUT2D eigenvalue weighted by atomic mass is 14.6. The topological polar surface area (TPSA) is 27.6 Å². The van der Waals surface area contributed by atoms with Crippen molar-refractivity contribution in [1.29, 1.82) is 0 Å². The average Bonchev–Trinajstić information content (AvgIpc) is 2.30. The van der Waals surface area contributed by atoms with Crippen LogP contribution in [-0.2, 0) is 0 Å². The number of hydrogen-bond donors (Lipinski definition) is 1. The van der Waals surface area contributed by atoms with Crippen molar-refractivity contribution in [2.75, 3.05) is 0 Å². The van der Waals surface area contributed by atoms with Gasteiger partial charge in [-0.3, -0.25) is 0 Å². The van der Waals surface area contributed by atoms with Gasteiger partial charge in [-0.15, -0.1) is 0 Å². The molecule has 2 aromatic rings. The number of quaternary nitrogens is 1. The predicted octanol–water partition coefficient (Wildman–Crippen LogP) is 2.66. The van der Waals surface area contributed by atoms with Crippen LogP contribution in [0.2, 0.25) is 0 Å². The van der Waals surface area contributed by atoms with Crippen molar-refractivity contribution in [3.05, 3.63) is 60.2 Å². The minimum absolute atomic E-state index is 0.356. The molecule has 0 aromatic heterocycles. The number of benzene rings is 2. The van der Waals surface area contributed by atoms with E-state index in [2.05, 4.69) is 61.2 Å². The van der Waals surface area contributed by atoms with Crippen molar-refractivity contribution in [3.8, 4) is 11.1 Å². The molecule has 2 aromatic carbocycles. The molecule has 0 fully saturated rings. The highest BCUT2D eigenvalue weighted by molar-refractivity contribution is 5.63. The first-order valence-corrected chi connectivity index (χ1v) is 5.26. The van der Waals surface area contributed by atoms with Gasteiger partial charge < -0.3 is 5.73 Å². The maximum absolute atomic E-state index is 4.01. The molecule has 1 atom stereocenters. The normalized spacial score (nSPS) is 12.4. The van der Waals surface area contributed by atoms with Crippen molar-refractivity contribution in [3.63, 3.8) is 0 Å². The van der Waals surface area contributed by atoms with Gasteiger partial charge in [0.05, 0.1) is 0 Å². The molecule has 0 aliphatic heterocycles. The molecular formula is C14H16N+. The quantitative estimate of drug-likeness (QED) is 0.768. The lowest BCUT2D eigenvalue weighted by Gasteiger charge is -2.05. The Morgan fingerprint density at radius 1 is 0.800 bits per heavy atom. The Morgan fingerprint density at radius 2 is 1.33 bits per heavy atom. The fraction of sp³-hybridized carbons (Fsp3) is 0.143. The van der Waals surface area contributed by atoms with Crippen LogP contribution in [0.4, 0.5) is 0 Å². The third-order valence-electron chi connectivity index (χ3n) is 2.59. The van der Waals surface area contributed by atoms with Gasteiger partial charge in [-0.2, -0.15) is 0 Å². The Morgan fingerprint density at radius 3 is 1.87 bits per heavy atom. The summed E-state index contributed by atoms with van der Waals surface area (Å²) < 4.78 is 0. The first-order valence-electron chi connectivity index (χ1n) is 5.26. The monoisotopic (exact) mass is 198 g/mol. The first kappa shape index (κ1) is 9.94. The van der Waals surface area contributed by atoms with E-state index in [-0.39, 0.29) is 0 Å². The van der Waals surface area contributed by atoms with Crippen LogP contribution in [0.15, 0.2) is 54.6 Å². The molecular weight excluding hydrogens is 182 g/mol. The Balaban J connectivity index is 2.32. The van der Waals surface area contributed by atoms with Gasteiger partial charge in [0.15, 0.2) is 0 Å². The highest BCUT2D eigenvalue weighted by Gasteiger charge is 2.02. The zero-order chi connectivity index (χ0) is 10.7. The zero-order valence-corrected chi connectivity index (χ0v) is 8.98. The van der Waals surface area contributed by atoms with Gasteiger partial charge in [0, 0.05) is 5.56 Å². The van der Waals surface area contributed by atoms with Gasteiger partial charge in [0.25, 0.3) is 0 Å². The number of rotatable bonds is 2. The molecule has 3 N–H and O–H groups in total. The molecule has 0 spiro atoms. The van der Waals surface area contributed by atoms with Gasteiger partial charge in [-0.25, -0.2) is 0 Å². The summed E-state index contributed by atoms with van der Waals surface area (Å²) in [5.41, 5.74) is 7.83. The lowest BCUT2D eigenvalue weighted by atomic mass is 10.0. The van der Waals surface area contributed by atoms with Crippen LogP contribution in [0, 0.1) is 0 Å². The van der Waals surface area contributed by atoms with Crippen LogP contribution in [0.1, 0.15) is 18.5 Å². The van der Waals surface area contributed by atoms with Gasteiger partial charge in [0.2, 0.25) is 0 Å². The maximum Gasteiger partial charge on any atom is 0.107 e. The minimum atomic E-state index is 0.356. The van der Waals surface area contributed by atoms with Gasteiger partial charge in [0.1, 0.15) is 6.04 Å². The van der Waals surface area contributed by atoms with E-state index < -0.39 is 0 Å². The van der Waals surface area contributed by atoms with E-state index >= 15 is 0 Å². The second kappa shape index (κ2) is 4.28. The lowest BCUT2D eigenvalue weighted by Crippen LogP contribution is -2.51. The second-order valence-electron chi connectivity index (χ2n) is 3.89. The van der Waals surface area contributed by atoms with Crippen molar-refractivity contribution in [2.24, 2.45) is 0 Å². The standard InChI is InChI=1S/C14H15N/c1-11(15)12-7-9-14(10-8-12)13-5-3-2-4-6-13/h2-11H,15H2,1H3/p+1/t11-/m0/s1. The van der Waals surface area contributed by atoms with Crippen LogP contribution in [-0.4, -0.2) is 0 Å². The molecule has 0 saturated carbocycles. The van der Waals surface area contributed by atoms with Crippen molar-refractivity contribution in [2.45, 2.75) is 13.0 Å². The van der Waals surface area contributed by atoms with Crippen molar-refractivity contribution >= 4 is 0 Å². The van der Waals surface area contributed by atoms with Crippen LogP contribution in [0.5, 0.6) is 0 Å². The van der Waals surface area contributed by atoms with Crippen LogP contribution in [0.25, 0.3) is 11.1 Å². The Hall–Kier alpha value is -1.60. The van der Waals surface area contributed by atoms with E-state index in [9.17, 15) is 0 Å². The third-order valence-corrected chi connectivity index (χ3v) is 2.59. The molecule has 0 heterocycles. The Bertz CT molecular complexity index is 415. The molecule has 0 unspecified atom stereocenters. The van der Waals surface area contributed by atoms with E-state index in [1.807, 2.05) is 6.07 Å². The Kier molecular flexibility index (Phi) is 2.84. The summed E-state index contributed by atoms with van der Waals surface area (Å²) in [7, 11) is 0. The first-order chi connectivity index (χ1) is 7.27. The van der Waals surface area contributed by atoms with Crippen LogP contribution in [0.3, 0.4) is 0 Å². The average molecular weight is 198 g/mol. The second-order valence-corrected chi connectivity index (χ2v) is 3.89. The summed E-state index contributed by atoms with van der Waals surface area (Å²) in [6.07, 6.45) is 0. The minimum Gasteiger partial charge on any atom is -0.352 e. The van der Waals surface area contributed by atoms with Crippen LogP contribution < -0.4 is 5.73 Å². The smallest absolute Gasteiger partial charge is 0.107 e. The maximum atomic E-state index is 4.01. The third kappa shape index (κ3) is 2.25. The summed E-state index contributed by atoms with van der Waals surface area (Å²) in [4.78, 5) is 0. The molecule has 15 heavy (non-hydrogen) atoms. The fourth-order valence-corrected chi connectivity index (χ4v) is 1.63.